The van der Waals surface area contributed by atoms with Crippen LogP contribution in [0.15, 0.2) is 0 Å². The summed E-state index contributed by atoms with van der Waals surface area (Å²) in [4.78, 5) is 12.0. The zero-order chi connectivity index (χ0) is 13.0. The van der Waals surface area contributed by atoms with E-state index in [1.165, 1.54) is 25.7 Å². The fourth-order valence-electron chi connectivity index (χ4n) is 3.14. The molecule has 2 aliphatic rings. The highest BCUT2D eigenvalue weighted by molar-refractivity contribution is 5.78. The van der Waals surface area contributed by atoms with Gasteiger partial charge in [0.25, 0.3) is 0 Å². The van der Waals surface area contributed by atoms with Crippen molar-refractivity contribution in [2.45, 2.75) is 52.4 Å². The predicted molar refractivity (Wildman–Crippen MR) is 74.3 cm³/mol. The van der Waals surface area contributed by atoms with Gasteiger partial charge in [-0.3, -0.25) is 4.79 Å². The summed E-state index contributed by atoms with van der Waals surface area (Å²) in [5.41, 5.74) is 0.523. The van der Waals surface area contributed by atoms with Crippen LogP contribution in [-0.2, 0) is 4.79 Å². The molecule has 0 spiro atoms. The molecule has 0 aromatic carbocycles. The Balaban J connectivity index is 1.67. The SMILES string of the molecule is CC1(C)CCC(CNC(=O)C2CCNCC2)CC1. The van der Waals surface area contributed by atoms with Crippen LogP contribution in [0.1, 0.15) is 52.4 Å². The number of hydrogen-bond donors (Lipinski definition) is 2. The van der Waals surface area contributed by atoms with E-state index in [0.717, 1.165) is 32.5 Å². The zero-order valence-corrected chi connectivity index (χ0v) is 11.9. The van der Waals surface area contributed by atoms with Crippen LogP contribution in [0.5, 0.6) is 0 Å². The van der Waals surface area contributed by atoms with Gasteiger partial charge in [-0.2, -0.15) is 0 Å². The fourth-order valence-corrected chi connectivity index (χ4v) is 3.14. The van der Waals surface area contributed by atoms with Gasteiger partial charge in [-0.1, -0.05) is 13.8 Å². The van der Waals surface area contributed by atoms with Gasteiger partial charge in [0.05, 0.1) is 0 Å². The molecule has 3 heteroatoms. The lowest BCUT2D eigenvalue weighted by molar-refractivity contribution is -0.126. The van der Waals surface area contributed by atoms with Crippen molar-refractivity contribution in [2.24, 2.45) is 17.3 Å². The Bertz CT molecular complexity index is 272. The minimum Gasteiger partial charge on any atom is -0.356 e. The molecule has 104 valence electrons. The number of rotatable bonds is 3. The van der Waals surface area contributed by atoms with Crippen molar-refractivity contribution >= 4 is 5.91 Å². The van der Waals surface area contributed by atoms with Crippen LogP contribution in [0.2, 0.25) is 0 Å². The average Bonchev–Trinajstić information content (AvgIpc) is 2.38. The summed E-state index contributed by atoms with van der Waals surface area (Å²) in [5.74, 6) is 1.26. The standard InChI is InChI=1S/C15H28N2O/c1-15(2)7-3-12(4-8-15)11-17-14(18)13-5-9-16-10-6-13/h12-13,16H,3-11H2,1-2H3,(H,17,18). The van der Waals surface area contributed by atoms with Crippen LogP contribution in [0.3, 0.4) is 0 Å². The van der Waals surface area contributed by atoms with Crippen molar-refractivity contribution in [1.82, 2.24) is 10.6 Å². The molecule has 0 aromatic rings. The average molecular weight is 252 g/mol. The van der Waals surface area contributed by atoms with E-state index in [9.17, 15) is 4.79 Å². The van der Waals surface area contributed by atoms with Gasteiger partial charge in [-0.05, 0) is 62.9 Å². The third-order valence-corrected chi connectivity index (χ3v) is 4.73. The second kappa shape index (κ2) is 6.05. The number of nitrogens with one attached hydrogen (secondary N) is 2. The van der Waals surface area contributed by atoms with Crippen molar-refractivity contribution in [3.8, 4) is 0 Å². The monoisotopic (exact) mass is 252 g/mol. The summed E-state index contributed by atoms with van der Waals surface area (Å²) in [6.07, 6.45) is 7.17. The van der Waals surface area contributed by atoms with Gasteiger partial charge < -0.3 is 10.6 Å². The number of piperidine rings is 1. The van der Waals surface area contributed by atoms with Gasteiger partial charge in [-0.15, -0.1) is 0 Å². The quantitative estimate of drug-likeness (QED) is 0.809. The highest BCUT2D eigenvalue weighted by atomic mass is 16.1. The first-order chi connectivity index (χ1) is 8.57. The lowest BCUT2D eigenvalue weighted by atomic mass is 9.73. The smallest absolute Gasteiger partial charge is 0.223 e. The first kappa shape index (κ1) is 13.9. The molecule has 2 rings (SSSR count). The molecule has 0 aromatic heterocycles. The van der Waals surface area contributed by atoms with E-state index in [-0.39, 0.29) is 5.92 Å². The highest BCUT2D eigenvalue weighted by Crippen LogP contribution is 2.37. The molecule has 1 saturated carbocycles. The van der Waals surface area contributed by atoms with Crippen LogP contribution in [-0.4, -0.2) is 25.5 Å². The molecule has 2 N–H and O–H groups in total. The molecule has 0 radical (unpaired) electrons. The molecule has 3 nitrogen and oxygen atoms in total. The first-order valence-corrected chi connectivity index (χ1v) is 7.55. The third kappa shape index (κ3) is 3.98. The van der Waals surface area contributed by atoms with Crippen molar-refractivity contribution in [3.63, 3.8) is 0 Å². The normalized spacial score (nSPS) is 25.9. The second-order valence-electron chi connectivity index (χ2n) is 6.88. The Morgan fingerprint density at radius 3 is 2.39 bits per heavy atom. The van der Waals surface area contributed by atoms with Crippen molar-refractivity contribution < 1.29 is 4.79 Å². The fraction of sp³-hybridized carbons (Fsp3) is 0.933. The van der Waals surface area contributed by atoms with Crippen LogP contribution >= 0.6 is 0 Å². The van der Waals surface area contributed by atoms with E-state index in [2.05, 4.69) is 24.5 Å². The maximum atomic E-state index is 12.0. The van der Waals surface area contributed by atoms with E-state index >= 15 is 0 Å². The summed E-state index contributed by atoms with van der Waals surface area (Å²) < 4.78 is 0. The Hall–Kier alpha value is -0.570. The minimum atomic E-state index is 0.256. The third-order valence-electron chi connectivity index (χ3n) is 4.73. The lowest BCUT2D eigenvalue weighted by Gasteiger charge is -2.34. The summed E-state index contributed by atoms with van der Waals surface area (Å²) >= 11 is 0. The molecule has 1 aliphatic heterocycles. The lowest BCUT2D eigenvalue weighted by Crippen LogP contribution is -2.40. The Kier molecular flexibility index (Phi) is 4.66. The maximum Gasteiger partial charge on any atom is 0.223 e. The zero-order valence-electron chi connectivity index (χ0n) is 11.9. The number of carbonyl (C=O) groups excluding carboxylic acids is 1. The Morgan fingerprint density at radius 1 is 1.17 bits per heavy atom. The largest absolute Gasteiger partial charge is 0.356 e. The summed E-state index contributed by atoms with van der Waals surface area (Å²) in [6.45, 7) is 7.61. The number of hydrogen-bond acceptors (Lipinski definition) is 2. The maximum absolute atomic E-state index is 12.0. The van der Waals surface area contributed by atoms with Gasteiger partial charge in [-0.25, -0.2) is 0 Å². The van der Waals surface area contributed by atoms with Gasteiger partial charge in [0.1, 0.15) is 0 Å². The van der Waals surface area contributed by atoms with Gasteiger partial charge in [0.2, 0.25) is 5.91 Å². The summed E-state index contributed by atoms with van der Waals surface area (Å²) in [7, 11) is 0. The molecule has 1 heterocycles. The molecule has 1 saturated heterocycles. The molecule has 2 fully saturated rings. The molecule has 0 atom stereocenters. The van der Waals surface area contributed by atoms with Gasteiger partial charge >= 0.3 is 0 Å². The van der Waals surface area contributed by atoms with E-state index in [4.69, 9.17) is 0 Å². The van der Waals surface area contributed by atoms with Crippen LogP contribution in [0.25, 0.3) is 0 Å². The number of carbonyl (C=O) groups is 1. The van der Waals surface area contributed by atoms with Crippen LogP contribution in [0, 0.1) is 17.3 Å². The Labute approximate surface area is 111 Å². The van der Waals surface area contributed by atoms with Crippen molar-refractivity contribution in [1.29, 1.82) is 0 Å². The predicted octanol–water partition coefficient (Wildman–Crippen LogP) is 2.32. The van der Waals surface area contributed by atoms with Crippen molar-refractivity contribution in [2.75, 3.05) is 19.6 Å². The van der Waals surface area contributed by atoms with Crippen molar-refractivity contribution in [3.05, 3.63) is 0 Å². The summed E-state index contributed by atoms with van der Waals surface area (Å²) in [5, 5.41) is 6.49. The molecular formula is C15H28N2O. The Morgan fingerprint density at radius 2 is 1.78 bits per heavy atom. The van der Waals surface area contributed by atoms with E-state index in [1.807, 2.05) is 0 Å². The second-order valence-corrected chi connectivity index (χ2v) is 6.88. The van der Waals surface area contributed by atoms with Gasteiger partial charge in [0, 0.05) is 12.5 Å². The van der Waals surface area contributed by atoms with E-state index in [0.29, 0.717) is 17.2 Å². The first-order valence-electron chi connectivity index (χ1n) is 7.55. The van der Waals surface area contributed by atoms with E-state index < -0.39 is 0 Å². The topological polar surface area (TPSA) is 41.1 Å². The molecular weight excluding hydrogens is 224 g/mol. The molecule has 0 bridgehead atoms. The van der Waals surface area contributed by atoms with Crippen LogP contribution < -0.4 is 10.6 Å². The van der Waals surface area contributed by atoms with E-state index in [1.54, 1.807) is 0 Å². The minimum absolute atomic E-state index is 0.256. The van der Waals surface area contributed by atoms with Gasteiger partial charge in [0.15, 0.2) is 0 Å². The molecule has 1 aliphatic carbocycles. The van der Waals surface area contributed by atoms with Crippen LogP contribution in [0.4, 0.5) is 0 Å². The highest BCUT2D eigenvalue weighted by Gasteiger charge is 2.27. The molecule has 1 amide bonds. The number of amides is 1. The summed E-state index contributed by atoms with van der Waals surface area (Å²) in [6, 6.07) is 0. The molecule has 0 unspecified atom stereocenters. The molecule has 18 heavy (non-hydrogen) atoms.